The molecular weight excluding hydrogens is 176 g/mol. The molecule has 0 aliphatic heterocycles. The van der Waals surface area contributed by atoms with Crippen molar-refractivity contribution in [3.63, 3.8) is 0 Å². The topological polar surface area (TPSA) is 40.5 Å². The molecule has 0 aromatic heterocycles. The zero-order valence-electron chi connectivity index (χ0n) is 8.92. The molecule has 1 fully saturated rings. The minimum absolute atomic E-state index is 0.396. The number of hydrogen-bond donors (Lipinski definition) is 2. The highest BCUT2D eigenvalue weighted by Gasteiger charge is 2.35. The van der Waals surface area contributed by atoms with Gasteiger partial charge in [-0.3, -0.25) is 0 Å². The zero-order chi connectivity index (χ0) is 10.4. The van der Waals surface area contributed by atoms with Crippen LogP contribution in [-0.2, 0) is 0 Å². The van der Waals surface area contributed by atoms with Crippen molar-refractivity contribution in [2.45, 2.75) is 63.6 Å². The summed E-state index contributed by atoms with van der Waals surface area (Å²) in [7, 11) is 0. The smallest absolute Gasteiger partial charge is 0.0935 e. The number of hydrogen-bond acceptors (Lipinski definition) is 2. The van der Waals surface area contributed by atoms with Crippen LogP contribution >= 0.6 is 0 Å². The monoisotopic (exact) mass is 196 g/mol. The maximum Gasteiger partial charge on any atom is 0.0935 e. The van der Waals surface area contributed by atoms with Crippen LogP contribution in [0.5, 0.6) is 0 Å². The lowest BCUT2D eigenvalue weighted by Crippen LogP contribution is -2.41. The van der Waals surface area contributed by atoms with Gasteiger partial charge in [0, 0.05) is 6.42 Å². The summed E-state index contributed by atoms with van der Waals surface area (Å²) in [5, 5.41) is 20.1. The van der Waals surface area contributed by atoms with Crippen LogP contribution in [0, 0.1) is 11.8 Å². The molecule has 0 aromatic carbocycles. The van der Waals surface area contributed by atoms with Gasteiger partial charge in [-0.2, -0.15) is 0 Å². The van der Waals surface area contributed by atoms with Gasteiger partial charge in [-0.1, -0.05) is 25.7 Å². The third kappa shape index (κ3) is 3.01. The average molecular weight is 196 g/mol. The fourth-order valence-corrected chi connectivity index (χ4v) is 2.06. The van der Waals surface area contributed by atoms with E-state index >= 15 is 0 Å². The molecule has 0 bridgehead atoms. The molecule has 0 radical (unpaired) electrons. The first-order valence-corrected chi connectivity index (χ1v) is 5.49. The van der Waals surface area contributed by atoms with Crippen molar-refractivity contribution in [1.82, 2.24) is 0 Å². The maximum absolute atomic E-state index is 10.2. The van der Waals surface area contributed by atoms with Crippen molar-refractivity contribution in [2.24, 2.45) is 0 Å². The lowest BCUT2D eigenvalue weighted by Gasteiger charge is -2.31. The molecule has 0 spiro atoms. The second-order valence-corrected chi connectivity index (χ2v) is 4.16. The number of aliphatic hydroxyl groups excluding tert-OH is 1. The van der Waals surface area contributed by atoms with E-state index in [1.807, 2.05) is 0 Å². The Morgan fingerprint density at radius 2 is 1.79 bits per heavy atom. The van der Waals surface area contributed by atoms with E-state index < -0.39 is 11.7 Å². The van der Waals surface area contributed by atoms with Crippen molar-refractivity contribution < 1.29 is 10.2 Å². The number of rotatable bonds is 2. The summed E-state index contributed by atoms with van der Waals surface area (Å²) in [6, 6.07) is 0. The first kappa shape index (κ1) is 11.6. The summed E-state index contributed by atoms with van der Waals surface area (Å²) in [5.74, 6) is 5.58. The van der Waals surface area contributed by atoms with E-state index in [2.05, 4.69) is 11.8 Å². The Labute approximate surface area is 86.3 Å². The molecular formula is C12H20O2. The van der Waals surface area contributed by atoms with Gasteiger partial charge in [-0.15, -0.1) is 11.8 Å². The van der Waals surface area contributed by atoms with Crippen molar-refractivity contribution in [2.75, 3.05) is 0 Å². The van der Waals surface area contributed by atoms with E-state index in [1.165, 1.54) is 12.8 Å². The molecule has 0 aromatic rings. The van der Waals surface area contributed by atoms with Crippen LogP contribution in [0.2, 0.25) is 0 Å². The molecule has 1 atom stereocenters. The maximum atomic E-state index is 10.2. The van der Waals surface area contributed by atoms with E-state index in [-0.39, 0.29) is 0 Å². The van der Waals surface area contributed by atoms with Gasteiger partial charge in [-0.25, -0.2) is 0 Å². The van der Waals surface area contributed by atoms with Crippen LogP contribution in [0.25, 0.3) is 0 Å². The molecule has 0 amide bonds. The minimum atomic E-state index is -0.875. The van der Waals surface area contributed by atoms with Gasteiger partial charge in [0.25, 0.3) is 0 Å². The van der Waals surface area contributed by atoms with E-state index in [0.717, 1.165) is 25.7 Å². The fraction of sp³-hybridized carbons (Fsp3) is 0.833. The van der Waals surface area contributed by atoms with Gasteiger partial charge in [0.2, 0.25) is 0 Å². The average Bonchev–Trinajstić information content (AvgIpc) is 2.40. The Bertz CT molecular complexity index is 216. The Morgan fingerprint density at radius 3 is 2.29 bits per heavy atom. The highest BCUT2D eigenvalue weighted by molar-refractivity contribution is 5.01. The van der Waals surface area contributed by atoms with Crippen LogP contribution in [0.15, 0.2) is 0 Å². The largest absolute Gasteiger partial charge is 0.389 e. The second kappa shape index (κ2) is 5.38. The first-order valence-electron chi connectivity index (χ1n) is 5.49. The SMILES string of the molecule is CC#CCC(O)C1(O)CCCCCC1. The van der Waals surface area contributed by atoms with Gasteiger partial charge >= 0.3 is 0 Å². The lowest BCUT2D eigenvalue weighted by atomic mass is 9.87. The van der Waals surface area contributed by atoms with Crippen molar-refractivity contribution in [1.29, 1.82) is 0 Å². The standard InChI is InChI=1S/C12H20O2/c1-2-3-8-11(13)12(14)9-6-4-5-7-10-12/h11,13-14H,4-10H2,1H3. The van der Waals surface area contributed by atoms with E-state index in [9.17, 15) is 10.2 Å². The summed E-state index contributed by atoms with van der Waals surface area (Å²) in [6.07, 6.45) is 5.56. The van der Waals surface area contributed by atoms with Gasteiger partial charge in [0.05, 0.1) is 11.7 Å². The highest BCUT2D eigenvalue weighted by Crippen LogP contribution is 2.30. The predicted octanol–water partition coefficient (Wildman–Crippen LogP) is 1.85. The van der Waals surface area contributed by atoms with E-state index in [1.54, 1.807) is 6.92 Å². The third-order valence-corrected chi connectivity index (χ3v) is 3.06. The van der Waals surface area contributed by atoms with Crippen LogP contribution < -0.4 is 0 Å². The highest BCUT2D eigenvalue weighted by atomic mass is 16.3. The molecule has 1 rings (SSSR count). The van der Waals surface area contributed by atoms with E-state index in [4.69, 9.17) is 0 Å². The van der Waals surface area contributed by atoms with Gasteiger partial charge in [-0.05, 0) is 19.8 Å². The lowest BCUT2D eigenvalue weighted by molar-refractivity contribution is -0.0816. The fourth-order valence-electron chi connectivity index (χ4n) is 2.06. The first-order chi connectivity index (χ1) is 6.69. The third-order valence-electron chi connectivity index (χ3n) is 3.06. The quantitative estimate of drug-likeness (QED) is 0.522. The molecule has 0 heterocycles. The van der Waals surface area contributed by atoms with Gasteiger partial charge < -0.3 is 10.2 Å². The summed E-state index contributed by atoms with van der Waals surface area (Å²) in [6.45, 7) is 1.75. The molecule has 14 heavy (non-hydrogen) atoms. The Kier molecular flexibility index (Phi) is 4.44. The van der Waals surface area contributed by atoms with Crippen LogP contribution in [0.4, 0.5) is 0 Å². The molecule has 0 saturated heterocycles. The van der Waals surface area contributed by atoms with E-state index in [0.29, 0.717) is 6.42 Å². The van der Waals surface area contributed by atoms with Crippen molar-refractivity contribution in [3.05, 3.63) is 0 Å². The Balaban J connectivity index is 2.54. The van der Waals surface area contributed by atoms with Crippen LogP contribution in [0.3, 0.4) is 0 Å². The summed E-state index contributed by atoms with van der Waals surface area (Å²) in [5.41, 5.74) is -0.875. The molecule has 1 saturated carbocycles. The molecule has 2 nitrogen and oxygen atoms in total. The van der Waals surface area contributed by atoms with Gasteiger partial charge in [0.1, 0.15) is 0 Å². The molecule has 1 aliphatic rings. The Hall–Kier alpha value is -0.520. The van der Waals surface area contributed by atoms with Crippen molar-refractivity contribution in [3.8, 4) is 11.8 Å². The molecule has 2 heteroatoms. The second-order valence-electron chi connectivity index (χ2n) is 4.16. The van der Waals surface area contributed by atoms with Crippen LogP contribution in [0.1, 0.15) is 51.9 Å². The number of aliphatic hydroxyl groups is 2. The summed E-state index contributed by atoms with van der Waals surface area (Å²) in [4.78, 5) is 0. The molecule has 2 N–H and O–H groups in total. The van der Waals surface area contributed by atoms with Crippen molar-refractivity contribution >= 4 is 0 Å². The van der Waals surface area contributed by atoms with Crippen LogP contribution in [-0.4, -0.2) is 21.9 Å². The van der Waals surface area contributed by atoms with Gasteiger partial charge in [0.15, 0.2) is 0 Å². The molecule has 1 aliphatic carbocycles. The molecule has 80 valence electrons. The normalized spacial score (nSPS) is 23.1. The molecule has 1 unspecified atom stereocenters. The summed E-state index contributed by atoms with van der Waals surface area (Å²) >= 11 is 0. The zero-order valence-corrected chi connectivity index (χ0v) is 8.92. The Morgan fingerprint density at radius 1 is 1.21 bits per heavy atom. The summed E-state index contributed by atoms with van der Waals surface area (Å²) < 4.78 is 0. The minimum Gasteiger partial charge on any atom is -0.389 e. The predicted molar refractivity (Wildman–Crippen MR) is 56.7 cm³/mol.